The van der Waals surface area contributed by atoms with Crippen molar-refractivity contribution in [1.82, 2.24) is 9.62 Å². The van der Waals surface area contributed by atoms with Gasteiger partial charge in [0.1, 0.15) is 6.04 Å². The van der Waals surface area contributed by atoms with Gasteiger partial charge in [-0.1, -0.05) is 30.3 Å². The summed E-state index contributed by atoms with van der Waals surface area (Å²) in [4.78, 5) is 34.1. The average molecular weight is 328 g/mol. The second-order valence-electron chi connectivity index (χ2n) is 4.43. The van der Waals surface area contributed by atoms with E-state index in [1.54, 1.807) is 30.3 Å². The molecule has 1 unspecified atom stereocenters. The molecule has 1 heterocycles. The predicted octanol–water partition coefficient (Wildman–Crippen LogP) is -0.969. The van der Waals surface area contributed by atoms with E-state index in [0.717, 1.165) is 0 Å². The average Bonchev–Trinajstić information content (AvgIpc) is 2.47. The topological polar surface area (TPSA) is 130 Å². The molecule has 0 radical (unpaired) electrons. The molecule has 1 saturated heterocycles. The van der Waals surface area contributed by atoms with Gasteiger partial charge in [-0.3, -0.25) is 18.9 Å². The number of carbonyl (C=O) groups is 3. The zero-order valence-corrected chi connectivity index (χ0v) is 11.9. The summed E-state index contributed by atoms with van der Waals surface area (Å²) in [5.74, 6) is -1.74. The minimum atomic E-state index is -4.62. The lowest BCUT2D eigenvalue weighted by atomic mass is 10.1. The maximum absolute atomic E-state index is 12.1. The third-order valence-electron chi connectivity index (χ3n) is 3.02. The number of amides is 2. The SMILES string of the molecule is O=COC(C(=O)N[C@H]1CN(S(=O)(=O)O)C1=O)c1ccccc1. The molecule has 0 bridgehead atoms. The minimum Gasteiger partial charge on any atom is -0.449 e. The Hall–Kier alpha value is -2.46. The van der Waals surface area contributed by atoms with Gasteiger partial charge in [0.05, 0.1) is 6.54 Å². The molecule has 0 aromatic heterocycles. The molecular formula is C12H12N2O7S. The van der Waals surface area contributed by atoms with Crippen molar-refractivity contribution >= 4 is 28.6 Å². The van der Waals surface area contributed by atoms with E-state index in [0.29, 0.717) is 5.56 Å². The van der Waals surface area contributed by atoms with Crippen LogP contribution in [-0.4, -0.2) is 48.1 Å². The van der Waals surface area contributed by atoms with Gasteiger partial charge >= 0.3 is 10.3 Å². The van der Waals surface area contributed by atoms with Gasteiger partial charge in [0.25, 0.3) is 18.3 Å². The summed E-state index contributed by atoms with van der Waals surface area (Å²) < 4.78 is 35.2. The zero-order chi connectivity index (χ0) is 16.3. The highest BCUT2D eigenvalue weighted by atomic mass is 32.2. The van der Waals surface area contributed by atoms with Crippen molar-refractivity contribution < 1.29 is 32.1 Å². The maximum Gasteiger partial charge on any atom is 0.362 e. The predicted molar refractivity (Wildman–Crippen MR) is 71.5 cm³/mol. The summed E-state index contributed by atoms with van der Waals surface area (Å²) in [5, 5.41) is 2.26. The highest BCUT2D eigenvalue weighted by Crippen LogP contribution is 2.19. The molecular weight excluding hydrogens is 316 g/mol. The molecule has 1 fully saturated rings. The van der Waals surface area contributed by atoms with Crippen molar-refractivity contribution in [3.8, 4) is 0 Å². The molecule has 2 atom stereocenters. The summed E-state index contributed by atoms with van der Waals surface area (Å²) in [6.07, 6.45) is -1.26. The van der Waals surface area contributed by atoms with Crippen molar-refractivity contribution in [2.45, 2.75) is 12.1 Å². The first-order valence-electron chi connectivity index (χ1n) is 6.08. The summed E-state index contributed by atoms with van der Waals surface area (Å²) in [6, 6.07) is 6.99. The van der Waals surface area contributed by atoms with Crippen LogP contribution >= 0.6 is 0 Å². The van der Waals surface area contributed by atoms with E-state index in [1.165, 1.54) is 0 Å². The second kappa shape index (κ2) is 6.12. The van der Waals surface area contributed by atoms with Gasteiger partial charge in [-0.2, -0.15) is 8.42 Å². The van der Waals surface area contributed by atoms with Gasteiger partial charge in [-0.15, -0.1) is 0 Å². The van der Waals surface area contributed by atoms with Gasteiger partial charge in [-0.25, -0.2) is 4.31 Å². The Labute approximate surface area is 125 Å². The molecule has 1 aliphatic rings. The molecule has 1 aliphatic heterocycles. The lowest BCUT2D eigenvalue weighted by Crippen LogP contribution is -2.65. The lowest BCUT2D eigenvalue weighted by Gasteiger charge is -2.35. The number of β-lactam (4-membered cyclic amide) rings is 1. The van der Waals surface area contributed by atoms with Gasteiger partial charge in [0.2, 0.25) is 6.10 Å². The number of hydrogen-bond acceptors (Lipinski definition) is 6. The van der Waals surface area contributed by atoms with Crippen molar-refractivity contribution in [1.29, 1.82) is 0 Å². The van der Waals surface area contributed by atoms with Gasteiger partial charge in [0.15, 0.2) is 0 Å². The largest absolute Gasteiger partial charge is 0.449 e. The highest BCUT2D eigenvalue weighted by Gasteiger charge is 2.45. The van der Waals surface area contributed by atoms with E-state index >= 15 is 0 Å². The monoisotopic (exact) mass is 328 g/mol. The van der Waals surface area contributed by atoms with E-state index in [2.05, 4.69) is 5.32 Å². The molecule has 1 aromatic rings. The first kappa shape index (κ1) is 15.9. The van der Waals surface area contributed by atoms with Crippen molar-refractivity contribution in [3.05, 3.63) is 35.9 Å². The second-order valence-corrected chi connectivity index (χ2v) is 5.77. The molecule has 1 aromatic carbocycles. The fraction of sp³-hybridized carbons (Fsp3) is 0.250. The van der Waals surface area contributed by atoms with Crippen LogP contribution in [0.2, 0.25) is 0 Å². The Morgan fingerprint density at radius 1 is 1.41 bits per heavy atom. The number of ether oxygens (including phenoxy) is 1. The van der Waals surface area contributed by atoms with Crippen molar-refractivity contribution in [2.24, 2.45) is 0 Å². The van der Waals surface area contributed by atoms with Crippen LogP contribution in [0.5, 0.6) is 0 Å². The standard InChI is InChI=1S/C12H12N2O7S/c15-7-21-10(8-4-2-1-3-5-8)11(16)13-9-6-14(12(9)17)22(18,19)20/h1-5,7,9-10H,6H2,(H,13,16)(H,18,19,20)/t9-,10?/m0/s1. The number of rotatable bonds is 6. The van der Waals surface area contributed by atoms with Crippen LogP contribution in [0, 0.1) is 0 Å². The Kier molecular flexibility index (Phi) is 4.43. The first-order chi connectivity index (χ1) is 10.3. The van der Waals surface area contributed by atoms with Crippen LogP contribution in [-0.2, 0) is 29.4 Å². The molecule has 118 valence electrons. The van der Waals surface area contributed by atoms with Crippen LogP contribution in [0.3, 0.4) is 0 Å². The van der Waals surface area contributed by atoms with Crippen LogP contribution in [0.25, 0.3) is 0 Å². The van der Waals surface area contributed by atoms with Crippen LogP contribution in [0.1, 0.15) is 11.7 Å². The number of nitrogens with zero attached hydrogens (tertiary/aromatic N) is 1. The fourth-order valence-corrected chi connectivity index (χ4v) is 2.63. The van der Waals surface area contributed by atoms with Gasteiger partial charge in [-0.05, 0) is 0 Å². The summed E-state index contributed by atoms with van der Waals surface area (Å²) in [5.41, 5.74) is 0.394. The quantitative estimate of drug-likeness (QED) is 0.390. The molecule has 2 rings (SSSR count). The van der Waals surface area contributed by atoms with Gasteiger partial charge < -0.3 is 10.1 Å². The molecule has 2 N–H and O–H groups in total. The number of nitrogens with one attached hydrogen (secondary N) is 1. The molecule has 2 amide bonds. The molecule has 0 aliphatic carbocycles. The number of hydrogen-bond donors (Lipinski definition) is 2. The Morgan fingerprint density at radius 2 is 2.05 bits per heavy atom. The maximum atomic E-state index is 12.1. The Balaban J connectivity index is 2.05. The Bertz CT molecular complexity index is 689. The Morgan fingerprint density at radius 3 is 2.55 bits per heavy atom. The first-order valence-corrected chi connectivity index (χ1v) is 7.47. The zero-order valence-electron chi connectivity index (χ0n) is 11.1. The van der Waals surface area contributed by atoms with E-state index in [4.69, 9.17) is 9.29 Å². The van der Waals surface area contributed by atoms with E-state index in [-0.39, 0.29) is 17.3 Å². The summed E-state index contributed by atoms with van der Waals surface area (Å²) in [6.45, 7) is -0.281. The third kappa shape index (κ3) is 3.23. The number of benzene rings is 1. The summed E-state index contributed by atoms with van der Waals surface area (Å²) in [7, 11) is -4.62. The highest BCUT2D eigenvalue weighted by molar-refractivity contribution is 7.84. The van der Waals surface area contributed by atoms with Crippen LogP contribution in [0.4, 0.5) is 0 Å². The normalized spacial score (nSPS) is 19.0. The molecule has 0 saturated carbocycles. The van der Waals surface area contributed by atoms with Crippen molar-refractivity contribution in [3.63, 3.8) is 0 Å². The number of carbonyl (C=O) groups excluding carboxylic acids is 3. The molecule has 0 spiro atoms. The lowest BCUT2D eigenvalue weighted by molar-refractivity contribution is -0.149. The van der Waals surface area contributed by atoms with E-state index < -0.39 is 34.3 Å². The molecule has 9 nitrogen and oxygen atoms in total. The minimum absolute atomic E-state index is 0.102. The van der Waals surface area contributed by atoms with E-state index in [9.17, 15) is 22.8 Å². The van der Waals surface area contributed by atoms with E-state index in [1.807, 2.05) is 0 Å². The molecule has 22 heavy (non-hydrogen) atoms. The fourth-order valence-electron chi connectivity index (χ4n) is 1.93. The van der Waals surface area contributed by atoms with Crippen molar-refractivity contribution in [2.75, 3.05) is 6.54 Å². The summed E-state index contributed by atoms with van der Waals surface area (Å²) >= 11 is 0. The van der Waals surface area contributed by atoms with Crippen LogP contribution in [0.15, 0.2) is 30.3 Å². The smallest absolute Gasteiger partial charge is 0.362 e. The molecule has 10 heteroatoms. The van der Waals surface area contributed by atoms with Crippen LogP contribution < -0.4 is 5.32 Å². The van der Waals surface area contributed by atoms with Gasteiger partial charge in [0, 0.05) is 5.56 Å². The third-order valence-corrected chi connectivity index (χ3v) is 3.91.